The van der Waals surface area contributed by atoms with Crippen molar-refractivity contribution in [2.24, 2.45) is 0 Å². The molecule has 1 heterocycles. The number of esters is 1. The van der Waals surface area contributed by atoms with E-state index in [9.17, 15) is 9.59 Å². The van der Waals surface area contributed by atoms with Gasteiger partial charge in [-0.1, -0.05) is 25.1 Å². The van der Waals surface area contributed by atoms with E-state index < -0.39 is 11.6 Å². The van der Waals surface area contributed by atoms with Crippen LogP contribution in [0, 0.1) is 0 Å². The van der Waals surface area contributed by atoms with Crippen molar-refractivity contribution < 1.29 is 13.9 Å². The summed E-state index contributed by atoms with van der Waals surface area (Å²) in [6.45, 7) is 1.66. The SMILES string of the molecule is CCC(=O)Oc1cc2ccccc2oc1=O. The Kier molecular flexibility index (Phi) is 2.72. The predicted octanol–water partition coefficient (Wildman–Crippen LogP) is 2.11. The van der Waals surface area contributed by atoms with Crippen molar-refractivity contribution in [1.29, 1.82) is 0 Å². The van der Waals surface area contributed by atoms with Crippen LogP contribution in [0.1, 0.15) is 13.3 Å². The fourth-order valence-electron chi connectivity index (χ4n) is 1.31. The first-order valence-corrected chi connectivity index (χ1v) is 4.94. The van der Waals surface area contributed by atoms with Gasteiger partial charge in [-0.15, -0.1) is 0 Å². The molecule has 0 saturated heterocycles. The molecule has 2 aromatic rings. The zero-order valence-corrected chi connectivity index (χ0v) is 8.73. The van der Waals surface area contributed by atoms with Gasteiger partial charge < -0.3 is 9.15 Å². The van der Waals surface area contributed by atoms with Gasteiger partial charge >= 0.3 is 11.6 Å². The molecule has 0 atom stereocenters. The van der Waals surface area contributed by atoms with Gasteiger partial charge in [0.1, 0.15) is 5.58 Å². The maximum atomic E-state index is 11.4. The molecule has 0 amide bonds. The van der Waals surface area contributed by atoms with Crippen LogP contribution in [-0.2, 0) is 4.79 Å². The number of rotatable bonds is 2. The molecule has 0 bridgehead atoms. The monoisotopic (exact) mass is 218 g/mol. The van der Waals surface area contributed by atoms with Gasteiger partial charge in [0.2, 0.25) is 5.75 Å². The zero-order chi connectivity index (χ0) is 11.5. The van der Waals surface area contributed by atoms with Crippen LogP contribution in [-0.4, -0.2) is 5.97 Å². The number of para-hydroxylation sites is 1. The van der Waals surface area contributed by atoms with E-state index in [1.165, 1.54) is 6.07 Å². The fourth-order valence-corrected chi connectivity index (χ4v) is 1.31. The summed E-state index contributed by atoms with van der Waals surface area (Å²) in [4.78, 5) is 22.5. The molecule has 0 radical (unpaired) electrons. The number of ether oxygens (including phenoxy) is 1. The van der Waals surface area contributed by atoms with Gasteiger partial charge in [-0.2, -0.15) is 0 Å². The highest BCUT2D eigenvalue weighted by Gasteiger charge is 2.09. The van der Waals surface area contributed by atoms with Gasteiger partial charge in [0.25, 0.3) is 0 Å². The standard InChI is InChI=1S/C12H10O4/c1-2-11(13)15-10-7-8-5-3-4-6-9(8)16-12(10)14/h3-7H,2H2,1H3. The van der Waals surface area contributed by atoms with E-state index in [1.54, 1.807) is 25.1 Å². The van der Waals surface area contributed by atoms with E-state index >= 15 is 0 Å². The molecule has 0 spiro atoms. The van der Waals surface area contributed by atoms with Crippen LogP contribution < -0.4 is 10.4 Å². The minimum absolute atomic E-state index is 0.0643. The van der Waals surface area contributed by atoms with Gasteiger partial charge in [0.05, 0.1) is 0 Å². The summed E-state index contributed by atoms with van der Waals surface area (Å²) in [7, 11) is 0. The molecular weight excluding hydrogens is 208 g/mol. The second-order valence-electron chi connectivity index (χ2n) is 3.26. The Labute approximate surface area is 91.4 Å². The summed E-state index contributed by atoms with van der Waals surface area (Å²) < 4.78 is 9.86. The number of carbonyl (C=O) groups is 1. The summed E-state index contributed by atoms with van der Waals surface area (Å²) >= 11 is 0. The lowest BCUT2D eigenvalue weighted by molar-refractivity contribution is -0.134. The van der Waals surface area contributed by atoms with Gasteiger partial charge in [-0.3, -0.25) is 4.79 Å². The Morgan fingerprint density at radius 3 is 2.88 bits per heavy atom. The van der Waals surface area contributed by atoms with Gasteiger partial charge in [0.15, 0.2) is 0 Å². The van der Waals surface area contributed by atoms with Crippen LogP contribution >= 0.6 is 0 Å². The van der Waals surface area contributed by atoms with Crippen molar-refractivity contribution in [3.8, 4) is 5.75 Å². The molecule has 0 aliphatic rings. The van der Waals surface area contributed by atoms with Crippen LogP contribution in [0.3, 0.4) is 0 Å². The van der Waals surface area contributed by atoms with E-state index in [0.29, 0.717) is 5.58 Å². The lowest BCUT2D eigenvalue weighted by Crippen LogP contribution is -2.12. The third kappa shape index (κ3) is 1.95. The van der Waals surface area contributed by atoms with Crippen molar-refractivity contribution in [1.82, 2.24) is 0 Å². The first-order chi connectivity index (χ1) is 7.70. The largest absolute Gasteiger partial charge is 0.420 e. The van der Waals surface area contributed by atoms with Gasteiger partial charge in [-0.05, 0) is 12.1 Å². The Morgan fingerprint density at radius 2 is 2.12 bits per heavy atom. The zero-order valence-electron chi connectivity index (χ0n) is 8.73. The lowest BCUT2D eigenvalue weighted by atomic mass is 10.2. The smallest absolute Gasteiger partial charge is 0.379 e. The van der Waals surface area contributed by atoms with E-state index in [4.69, 9.17) is 9.15 Å². The van der Waals surface area contributed by atoms with E-state index in [0.717, 1.165) is 5.39 Å². The summed E-state index contributed by atoms with van der Waals surface area (Å²) in [5, 5.41) is 0.723. The van der Waals surface area contributed by atoms with Crippen molar-refractivity contribution >= 4 is 16.9 Å². The number of benzene rings is 1. The van der Waals surface area contributed by atoms with Crippen LogP contribution in [0.15, 0.2) is 39.5 Å². The molecule has 0 fully saturated rings. The van der Waals surface area contributed by atoms with Crippen molar-refractivity contribution in [3.63, 3.8) is 0 Å². The second-order valence-corrected chi connectivity index (χ2v) is 3.26. The lowest BCUT2D eigenvalue weighted by Gasteiger charge is -2.02. The highest BCUT2D eigenvalue weighted by Crippen LogP contribution is 2.16. The average molecular weight is 218 g/mol. The fraction of sp³-hybridized carbons (Fsp3) is 0.167. The number of hydrogen-bond donors (Lipinski definition) is 0. The predicted molar refractivity (Wildman–Crippen MR) is 58.4 cm³/mol. The number of fused-ring (bicyclic) bond motifs is 1. The molecule has 16 heavy (non-hydrogen) atoms. The third-order valence-corrected chi connectivity index (χ3v) is 2.12. The van der Waals surface area contributed by atoms with Crippen molar-refractivity contribution in [3.05, 3.63) is 40.8 Å². The summed E-state index contributed by atoms with van der Waals surface area (Å²) in [5.41, 5.74) is -0.163. The van der Waals surface area contributed by atoms with E-state index in [2.05, 4.69) is 0 Å². The molecule has 1 aromatic carbocycles. The minimum Gasteiger partial charge on any atom is -0.420 e. The maximum absolute atomic E-state index is 11.4. The maximum Gasteiger partial charge on any atom is 0.379 e. The molecule has 0 aliphatic heterocycles. The molecular formula is C12H10O4. The number of hydrogen-bond acceptors (Lipinski definition) is 4. The quantitative estimate of drug-likeness (QED) is 0.572. The average Bonchev–Trinajstić information content (AvgIpc) is 2.30. The Morgan fingerprint density at radius 1 is 1.38 bits per heavy atom. The van der Waals surface area contributed by atoms with E-state index in [-0.39, 0.29) is 12.2 Å². The van der Waals surface area contributed by atoms with Crippen LogP contribution in [0.5, 0.6) is 5.75 Å². The van der Waals surface area contributed by atoms with E-state index in [1.807, 2.05) is 6.07 Å². The second kappa shape index (κ2) is 4.18. The molecule has 2 rings (SSSR count). The minimum atomic E-state index is -0.638. The molecule has 4 heteroatoms. The Balaban J connectivity index is 2.50. The van der Waals surface area contributed by atoms with Crippen molar-refractivity contribution in [2.75, 3.05) is 0 Å². The molecule has 0 unspecified atom stereocenters. The Bertz CT molecular complexity index is 583. The summed E-state index contributed by atoms with van der Waals surface area (Å²) in [6, 6.07) is 8.55. The highest BCUT2D eigenvalue weighted by atomic mass is 16.5. The molecule has 1 aromatic heterocycles. The van der Waals surface area contributed by atoms with Crippen LogP contribution in [0.2, 0.25) is 0 Å². The van der Waals surface area contributed by atoms with Crippen LogP contribution in [0.4, 0.5) is 0 Å². The van der Waals surface area contributed by atoms with Crippen molar-refractivity contribution in [2.45, 2.75) is 13.3 Å². The summed E-state index contributed by atoms with van der Waals surface area (Å²) in [5.74, 6) is -0.520. The molecule has 4 nitrogen and oxygen atoms in total. The molecule has 0 saturated carbocycles. The molecule has 0 N–H and O–H groups in total. The van der Waals surface area contributed by atoms with Gasteiger partial charge in [-0.25, -0.2) is 4.79 Å². The summed E-state index contributed by atoms with van der Waals surface area (Å²) in [6.07, 6.45) is 0.215. The first-order valence-electron chi connectivity index (χ1n) is 4.94. The topological polar surface area (TPSA) is 56.5 Å². The van der Waals surface area contributed by atoms with Crippen LogP contribution in [0.25, 0.3) is 11.0 Å². The normalized spacial score (nSPS) is 10.3. The molecule has 0 aliphatic carbocycles. The highest BCUT2D eigenvalue weighted by molar-refractivity contribution is 5.79. The number of carbonyl (C=O) groups excluding carboxylic acids is 1. The molecule has 82 valence electrons. The van der Waals surface area contributed by atoms with Gasteiger partial charge in [0, 0.05) is 11.8 Å². The third-order valence-electron chi connectivity index (χ3n) is 2.12. The Hall–Kier alpha value is -2.10. The first kappa shape index (κ1) is 10.4.